The second-order valence-electron chi connectivity index (χ2n) is 7.79. The highest BCUT2D eigenvalue weighted by Gasteiger charge is 2.58. The molecule has 2 amide bonds. The van der Waals surface area contributed by atoms with Crippen LogP contribution >= 0.6 is 0 Å². The number of carbonyl (C=O) groups is 2. The van der Waals surface area contributed by atoms with Crippen molar-refractivity contribution in [3.63, 3.8) is 0 Å². The van der Waals surface area contributed by atoms with Gasteiger partial charge in [0.1, 0.15) is 0 Å². The highest BCUT2D eigenvalue weighted by atomic mass is 16.5. The quantitative estimate of drug-likeness (QED) is 0.645. The molecule has 5 heterocycles. The fourth-order valence-corrected chi connectivity index (χ4v) is 4.46. The van der Waals surface area contributed by atoms with Crippen molar-refractivity contribution in [2.24, 2.45) is 0 Å². The van der Waals surface area contributed by atoms with E-state index in [0.717, 1.165) is 11.3 Å². The maximum Gasteiger partial charge on any atom is 0.289 e. The summed E-state index contributed by atoms with van der Waals surface area (Å²) in [4.78, 5) is 38.8. The number of rotatable bonds is 4. The highest BCUT2D eigenvalue weighted by molar-refractivity contribution is 5.94. The Bertz CT molecular complexity index is 1060. The molecule has 8 nitrogen and oxygen atoms in total. The van der Waals surface area contributed by atoms with E-state index in [1.807, 2.05) is 30.3 Å². The van der Waals surface area contributed by atoms with Crippen LogP contribution in [0, 0.1) is 0 Å². The van der Waals surface area contributed by atoms with Gasteiger partial charge in [0, 0.05) is 37.6 Å². The Morgan fingerprint density at radius 3 is 2.84 bits per heavy atom. The van der Waals surface area contributed by atoms with Gasteiger partial charge in [-0.15, -0.1) is 0 Å². The average Bonchev–Trinajstić information content (AvgIpc) is 3.47. The SMILES string of the molecule is O=C(c1ccco1)N1C[C@H](c2cccnc2)[C@@]2(C1)OCCN(Cc1ccccn1)C2=O. The molecule has 3 aromatic rings. The first kappa shape index (κ1) is 19.4. The smallest absolute Gasteiger partial charge is 0.289 e. The van der Waals surface area contributed by atoms with Gasteiger partial charge >= 0.3 is 0 Å². The van der Waals surface area contributed by atoms with Crippen LogP contribution in [-0.4, -0.2) is 63.4 Å². The van der Waals surface area contributed by atoms with Gasteiger partial charge < -0.3 is 19.0 Å². The van der Waals surface area contributed by atoms with E-state index in [0.29, 0.717) is 26.2 Å². The Morgan fingerprint density at radius 1 is 1.16 bits per heavy atom. The molecular weight excluding hydrogens is 396 g/mol. The van der Waals surface area contributed by atoms with E-state index >= 15 is 0 Å². The van der Waals surface area contributed by atoms with Crippen molar-refractivity contribution in [1.29, 1.82) is 0 Å². The van der Waals surface area contributed by atoms with Gasteiger partial charge in [0.05, 0.1) is 31.7 Å². The monoisotopic (exact) mass is 418 g/mol. The summed E-state index contributed by atoms with van der Waals surface area (Å²) in [6.45, 7) is 1.76. The zero-order chi connectivity index (χ0) is 21.3. The van der Waals surface area contributed by atoms with Crippen LogP contribution in [0.4, 0.5) is 0 Å². The number of likely N-dealkylation sites (tertiary alicyclic amines) is 1. The lowest BCUT2D eigenvalue weighted by Crippen LogP contribution is -2.60. The molecule has 2 atom stereocenters. The summed E-state index contributed by atoms with van der Waals surface area (Å²) in [5, 5.41) is 0. The minimum atomic E-state index is -1.17. The molecule has 5 rings (SSSR count). The van der Waals surface area contributed by atoms with Crippen molar-refractivity contribution in [3.05, 3.63) is 84.3 Å². The van der Waals surface area contributed by atoms with Crippen molar-refractivity contribution in [2.75, 3.05) is 26.2 Å². The van der Waals surface area contributed by atoms with Gasteiger partial charge in [-0.3, -0.25) is 19.6 Å². The summed E-state index contributed by atoms with van der Waals surface area (Å²) in [5.41, 5.74) is 0.510. The zero-order valence-electron chi connectivity index (χ0n) is 16.9. The molecule has 0 radical (unpaired) electrons. The number of amides is 2. The first-order valence-corrected chi connectivity index (χ1v) is 10.2. The molecule has 0 saturated carbocycles. The van der Waals surface area contributed by atoms with Crippen LogP contribution in [0.2, 0.25) is 0 Å². The summed E-state index contributed by atoms with van der Waals surface area (Å²) in [5.74, 6) is -0.475. The Kier molecular flexibility index (Phi) is 4.99. The van der Waals surface area contributed by atoms with Gasteiger partial charge in [-0.1, -0.05) is 12.1 Å². The first-order chi connectivity index (χ1) is 15.2. The Hall–Kier alpha value is -3.52. The van der Waals surface area contributed by atoms with E-state index in [4.69, 9.17) is 9.15 Å². The molecule has 0 aliphatic carbocycles. The van der Waals surface area contributed by atoms with Gasteiger partial charge in [-0.25, -0.2) is 0 Å². The molecule has 2 aliphatic heterocycles. The maximum absolute atomic E-state index is 13.8. The van der Waals surface area contributed by atoms with E-state index < -0.39 is 5.60 Å². The Morgan fingerprint density at radius 2 is 2.10 bits per heavy atom. The summed E-state index contributed by atoms with van der Waals surface area (Å²) < 4.78 is 11.5. The summed E-state index contributed by atoms with van der Waals surface area (Å²) in [7, 11) is 0. The van der Waals surface area contributed by atoms with Crippen LogP contribution in [0.1, 0.15) is 27.7 Å². The van der Waals surface area contributed by atoms with Crippen LogP contribution in [0.25, 0.3) is 0 Å². The molecule has 158 valence electrons. The minimum Gasteiger partial charge on any atom is -0.459 e. The topological polar surface area (TPSA) is 88.8 Å². The van der Waals surface area contributed by atoms with Crippen LogP contribution in [-0.2, 0) is 16.1 Å². The second kappa shape index (κ2) is 7.96. The number of hydrogen-bond acceptors (Lipinski definition) is 6. The molecule has 31 heavy (non-hydrogen) atoms. The fourth-order valence-electron chi connectivity index (χ4n) is 4.46. The molecule has 0 unspecified atom stereocenters. The fraction of sp³-hybridized carbons (Fsp3) is 0.304. The number of hydrogen-bond donors (Lipinski definition) is 0. The predicted molar refractivity (Wildman–Crippen MR) is 110 cm³/mol. The van der Waals surface area contributed by atoms with E-state index in [-0.39, 0.29) is 30.0 Å². The molecule has 2 fully saturated rings. The molecule has 3 aromatic heterocycles. The van der Waals surface area contributed by atoms with Gasteiger partial charge in [0.15, 0.2) is 11.4 Å². The van der Waals surface area contributed by atoms with Gasteiger partial charge in [0.2, 0.25) is 0 Å². The van der Waals surface area contributed by atoms with E-state index in [2.05, 4.69) is 9.97 Å². The van der Waals surface area contributed by atoms with Crippen molar-refractivity contribution < 1.29 is 18.7 Å². The molecule has 2 saturated heterocycles. The van der Waals surface area contributed by atoms with Crippen molar-refractivity contribution in [1.82, 2.24) is 19.8 Å². The van der Waals surface area contributed by atoms with E-state index in [1.165, 1.54) is 6.26 Å². The third kappa shape index (κ3) is 3.48. The highest BCUT2D eigenvalue weighted by Crippen LogP contribution is 2.42. The van der Waals surface area contributed by atoms with Crippen LogP contribution in [0.15, 0.2) is 71.7 Å². The van der Waals surface area contributed by atoms with Crippen molar-refractivity contribution >= 4 is 11.8 Å². The van der Waals surface area contributed by atoms with Gasteiger partial charge in [-0.05, 0) is 35.9 Å². The van der Waals surface area contributed by atoms with E-state index in [1.54, 1.807) is 40.5 Å². The second-order valence-corrected chi connectivity index (χ2v) is 7.79. The molecular formula is C23H22N4O4. The first-order valence-electron chi connectivity index (χ1n) is 10.2. The average molecular weight is 418 g/mol. The van der Waals surface area contributed by atoms with Crippen LogP contribution < -0.4 is 0 Å². The minimum absolute atomic E-state index is 0.131. The predicted octanol–water partition coefficient (Wildman–Crippen LogP) is 2.11. The third-order valence-electron chi connectivity index (χ3n) is 5.95. The van der Waals surface area contributed by atoms with Crippen LogP contribution in [0.3, 0.4) is 0 Å². The summed E-state index contributed by atoms with van der Waals surface area (Å²) in [6, 6.07) is 12.7. The largest absolute Gasteiger partial charge is 0.459 e. The number of pyridine rings is 2. The lowest BCUT2D eigenvalue weighted by Gasteiger charge is -2.42. The molecule has 0 aromatic carbocycles. The Balaban J connectivity index is 1.48. The lowest BCUT2D eigenvalue weighted by atomic mass is 9.83. The number of carbonyl (C=O) groups excluding carboxylic acids is 2. The third-order valence-corrected chi connectivity index (χ3v) is 5.95. The van der Waals surface area contributed by atoms with Crippen molar-refractivity contribution in [2.45, 2.75) is 18.1 Å². The van der Waals surface area contributed by atoms with E-state index in [9.17, 15) is 9.59 Å². The normalized spacial score (nSPS) is 23.5. The number of aromatic nitrogens is 2. The molecule has 2 aliphatic rings. The number of nitrogens with zero attached hydrogens (tertiary/aromatic N) is 4. The maximum atomic E-state index is 13.8. The molecule has 8 heteroatoms. The standard InChI is InChI=1S/C23H22N4O4/c28-21(20-7-4-11-30-20)27-15-19(17-5-3-8-24-13-17)23(16-27)22(29)26(10-12-31-23)14-18-6-1-2-9-25-18/h1-9,11,13,19H,10,12,14-16H2/t19-,23-/m1/s1. The van der Waals surface area contributed by atoms with Crippen molar-refractivity contribution in [3.8, 4) is 0 Å². The lowest BCUT2D eigenvalue weighted by molar-refractivity contribution is -0.172. The summed E-state index contributed by atoms with van der Waals surface area (Å²) in [6.07, 6.45) is 6.61. The molecule has 0 N–H and O–H groups in total. The number of ether oxygens (including phenoxy) is 1. The van der Waals surface area contributed by atoms with Gasteiger partial charge in [-0.2, -0.15) is 0 Å². The number of furan rings is 1. The zero-order valence-corrected chi connectivity index (χ0v) is 16.9. The molecule has 0 bridgehead atoms. The Labute approximate surface area is 179 Å². The molecule has 1 spiro atoms. The summed E-state index contributed by atoms with van der Waals surface area (Å²) >= 11 is 0. The number of morpholine rings is 1. The van der Waals surface area contributed by atoms with Gasteiger partial charge in [0.25, 0.3) is 11.8 Å². The van der Waals surface area contributed by atoms with Crippen LogP contribution in [0.5, 0.6) is 0 Å².